The van der Waals surface area contributed by atoms with Crippen molar-refractivity contribution in [2.75, 3.05) is 19.5 Å². The number of thiazole rings is 1. The van der Waals surface area contributed by atoms with E-state index in [1.165, 1.54) is 4.88 Å². The van der Waals surface area contributed by atoms with Gasteiger partial charge in [0.1, 0.15) is 5.75 Å². The van der Waals surface area contributed by atoms with Crippen molar-refractivity contribution in [1.82, 2.24) is 4.98 Å². The van der Waals surface area contributed by atoms with Crippen molar-refractivity contribution < 1.29 is 4.74 Å². The fourth-order valence-corrected chi connectivity index (χ4v) is 2.56. The zero-order valence-electron chi connectivity index (χ0n) is 9.66. The summed E-state index contributed by atoms with van der Waals surface area (Å²) in [7, 11) is 3.53. The Kier molecular flexibility index (Phi) is 3.86. The van der Waals surface area contributed by atoms with E-state index in [9.17, 15) is 0 Å². The molecule has 0 aliphatic rings. The van der Waals surface area contributed by atoms with Crippen LogP contribution in [0, 0.1) is 0 Å². The molecule has 0 atom stereocenters. The molecule has 1 N–H and O–H groups in total. The van der Waals surface area contributed by atoms with Crippen LogP contribution in [0.5, 0.6) is 5.75 Å². The number of nitrogens with zero attached hydrogens (tertiary/aromatic N) is 1. The molecule has 3 nitrogen and oxygen atoms in total. The van der Waals surface area contributed by atoms with Crippen molar-refractivity contribution in [3.05, 3.63) is 39.9 Å². The van der Waals surface area contributed by atoms with E-state index in [-0.39, 0.29) is 0 Å². The van der Waals surface area contributed by atoms with Gasteiger partial charge in [0.25, 0.3) is 0 Å². The van der Waals surface area contributed by atoms with Gasteiger partial charge in [0.05, 0.1) is 7.11 Å². The average molecular weight is 269 g/mol. The van der Waals surface area contributed by atoms with Crippen molar-refractivity contribution in [3.8, 4) is 5.75 Å². The molecule has 0 fully saturated rings. The summed E-state index contributed by atoms with van der Waals surface area (Å²) in [6.07, 6.45) is 2.65. The molecule has 0 spiro atoms. The molecule has 0 saturated heterocycles. The second-order valence-corrected chi connectivity index (χ2v) is 5.07. The third-order valence-corrected chi connectivity index (χ3v) is 3.62. The molecule has 90 valence electrons. The van der Waals surface area contributed by atoms with E-state index >= 15 is 0 Å². The van der Waals surface area contributed by atoms with Crippen LogP contribution in [0.3, 0.4) is 0 Å². The maximum absolute atomic E-state index is 5.99. The Morgan fingerprint density at radius 1 is 1.47 bits per heavy atom. The monoisotopic (exact) mass is 268 g/mol. The first kappa shape index (κ1) is 12.2. The first-order valence-electron chi connectivity index (χ1n) is 5.18. The van der Waals surface area contributed by atoms with Crippen molar-refractivity contribution in [2.45, 2.75) is 6.42 Å². The number of hydrogen-bond acceptors (Lipinski definition) is 4. The predicted octanol–water partition coefficient (Wildman–Crippen LogP) is 3.44. The average Bonchev–Trinajstić information content (AvgIpc) is 2.77. The molecule has 5 heteroatoms. The van der Waals surface area contributed by atoms with Gasteiger partial charge in [-0.05, 0) is 18.2 Å². The lowest BCUT2D eigenvalue weighted by atomic mass is 10.1. The van der Waals surface area contributed by atoms with Crippen LogP contribution in [0.2, 0.25) is 5.02 Å². The van der Waals surface area contributed by atoms with Gasteiger partial charge in [-0.1, -0.05) is 11.6 Å². The molecule has 0 amide bonds. The Morgan fingerprint density at radius 2 is 2.29 bits per heavy atom. The molecule has 1 aromatic heterocycles. The van der Waals surface area contributed by atoms with Gasteiger partial charge >= 0.3 is 0 Å². The summed E-state index contributed by atoms with van der Waals surface area (Å²) in [5.41, 5.74) is 1.08. The summed E-state index contributed by atoms with van der Waals surface area (Å²) in [6.45, 7) is 0. The van der Waals surface area contributed by atoms with Crippen LogP contribution in [-0.2, 0) is 6.42 Å². The van der Waals surface area contributed by atoms with Crippen LogP contribution < -0.4 is 10.1 Å². The largest absolute Gasteiger partial charge is 0.496 e. The van der Waals surface area contributed by atoms with E-state index in [0.717, 1.165) is 27.9 Å². The second-order valence-electron chi connectivity index (χ2n) is 3.51. The third kappa shape index (κ3) is 2.90. The fourth-order valence-electron chi connectivity index (χ4n) is 1.58. The van der Waals surface area contributed by atoms with E-state index in [1.807, 2.05) is 31.4 Å². The fraction of sp³-hybridized carbons (Fsp3) is 0.250. The quantitative estimate of drug-likeness (QED) is 0.922. The van der Waals surface area contributed by atoms with Gasteiger partial charge in [-0.3, -0.25) is 0 Å². The minimum atomic E-state index is 0.721. The Labute approximate surface area is 109 Å². The van der Waals surface area contributed by atoms with E-state index in [2.05, 4.69) is 10.3 Å². The smallest absolute Gasteiger partial charge is 0.182 e. The molecule has 0 radical (unpaired) electrons. The number of methoxy groups -OCH3 is 1. The summed E-state index contributed by atoms with van der Waals surface area (Å²) < 4.78 is 5.32. The number of nitrogens with one attached hydrogen (secondary N) is 1. The van der Waals surface area contributed by atoms with Crippen molar-refractivity contribution in [1.29, 1.82) is 0 Å². The summed E-state index contributed by atoms with van der Waals surface area (Å²) in [4.78, 5) is 5.42. The van der Waals surface area contributed by atoms with E-state index in [4.69, 9.17) is 16.3 Å². The number of anilines is 1. The van der Waals surface area contributed by atoms with Crippen LogP contribution in [0.15, 0.2) is 24.4 Å². The first-order chi connectivity index (χ1) is 8.22. The van der Waals surface area contributed by atoms with Crippen LogP contribution in [-0.4, -0.2) is 19.1 Å². The number of benzene rings is 1. The number of aromatic nitrogens is 1. The van der Waals surface area contributed by atoms with Crippen LogP contribution in [0.25, 0.3) is 0 Å². The molecule has 1 heterocycles. The standard InChI is InChI=1S/C12H13ClN2OS/c1-14-12-15-7-10(17-12)6-8-5-9(13)3-4-11(8)16-2/h3-5,7H,6H2,1-2H3,(H,14,15). The highest BCUT2D eigenvalue weighted by Gasteiger charge is 2.07. The lowest BCUT2D eigenvalue weighted by Crippen LogP contribution is -1.92. The molecule has 2 rings (SSSR count). The SMILES string of the molecule is CNc1ncc(Cc2cc(Cl)ccc2OC)s1. The first-order valence-corrected chi connectivity index (χ1v) is 6.37. The molecule has 0 saturated carbocycles. The second kappa shape index (κ2) is 5.38. The molecule has 0 unspecified atom stereocenters. The Balaban J connectivity index is 2.25. The molecule has 0 bridgehead atoms. The molecular weight excluding hydrogens is 256 g/mol. The maximum atomic E-state index is 5.99. The number of ether oxygens (including phenoxy) is 1. The normalized spacial score (nSPS) is 10.3. The zero-order valence-corrected chi connectivity index (χ0v) is 11.2. The zero-order chi connectivity index (χ0) is 12.3. The molecular formula is C12H13ClN2OS. The van der Waals surface area contributed by atoms with Crippen LogP contribution in [0.1, 0.15) is 10.4 Å². The van der Waals surface area contributed by atoms with E-state index < -0.39 is 0 Å². The lowest BCUT2D eigenvalue weighted by molar-refractivity contribution is 0.410. The van der Waals surface area contributed by atoms with Gasteiger partial charge in [0.2, 0.25) is 0 Å². The van der Waals surface area contributed by atoms with Gasteiger partial charge in [-0.25, -0.2) is 4.98 Å². The number of hydrogen-bond donors (Lipinski definition) is 1. The molecule has 17 heavy (non-hydrogen) atoms. The molecule has 0 aliphatic carbocycles. The minimum absolute atomic E-state index is 0.721. The minimum Gasteiger partial charge on any atom is -0.496 e. The highest BCUT2D eigenvalue weighted by molar-refractivity contribution is 7.15. The Bertz CT molecular complexity index is 513. The van der Waals surface area contributed by atoms with Gasteiger partial charge in [0.15, 0.2) is 5.13 Å². The van der Waals surface area contributed by atoms with Crippen LogP contribution in [0.4, 0.5) is 5.13 Å². The molecule has 2 aromatic rings. The summed E-state index contributed by atoms with van der Waals surface area (Å²) >= 11 is 7.62. The summed E-state index contributed by atoms with van der Waals surface area (Å²) in [6, 6.07) is 5.65. The third-order valence-electron chi connectivity index (χ3n) is 2.37. The number of rotatable bonds is 4. The summed E-state index contributed by atoms with van der Waals surface area (Å²) in [5, 5.41) is 4.66. The lowest BCUT2D eigenvalue weighted by Gasteiger charge is -2.07. The van der Waals surface area contributed by atoms with Gasteiger partial charge < -0.3 is 10.1 Å². The van der Waals surface area contributed by atoms with E-state index in [1.54, 1.807) is 18.4 Å². The molecule has 0 aliphatic heterocycles. The topological polar surface area (TPSA) is 34.2 Å². The van der Waals surface area contributed by atoms with E-state index in [0.29, 0.717) is 0 Å². The van der Waals surface area contributed by atoms with Gasteiger partial charge in [-0.2, -0.15) is 0 Å². The highest BCUT2D eigenvalue weighted by Crippen LogP contribution is 2.27. The van der Waals surface area contributed by atoms with Crippen LogP contribution >= 0.6 is 22.9 Å². The van der Waals surface area contributed by atoms with Gasteiger partial charge in [0, 0.05) is 35.1 Å². The highest BCUT2D eigenvalue weighted by atomic mass is 35.5. The Hall–Kier alpha value is -1.26. The van der Waals surface area contributed by atoms with Crippen molar-refractivity contribution >= 4 is 28.1 Å². The molecule has 1 aromatic carbocycles. The Morgan fingerprint density at radius 3 is 2.94 bits per heavy atom. The predicted molar refractivity (Wildman–Crippen MR) is 72.5 cm³/mol. The van der Waals surface area contributed by atoms with Crippen molar-refractivity contribution in [2.24, 2.45) is 0 Å². The van der Waals surface area contributed by atoms with Gasteiger partial charge in [-0.15, -0.1) is 11.3 Å². The maximum Gasteiger partial charge on any atom is 0.182 e. The van der Waals surface area contributed by atoms with Crippen molar-refractivity contribution in [3.63, 3.8) is 0 Å². The number of halogens is 1. The summed E-state index contributed by atoms with van der Waals surface area (Å²) in [5.74, 6) is 0.855.